The summed E-state index contributed by atoms with van der Waals surface area (Å²) < 4.78 is 0. The van der Waals surface area contributed by atoms with Crippen LogP contribution in [0.15, 0.2) is 27.6 Å². The quantitative estimate of drug-likeness (QED) is 0.755. The van der Waals surface area contributed by atoms with Crippen LogP contribution >= 0.6 is 0 Å². The molecular weight excluding hydrogens is 336 g/mol. The Morgan fingerprint density at radius 1 is 1.11 bits per heavy atom. The molecule has 2 aromatic rings. The summed E-state index contributed by atoms with van der Waals surface area (Å²) >= 11 is 0. The lowest BCUT2D eigenvalue weighted by Crippen LogP contribution is -2.24. The molecule has 2 heterocycles. The summed E-state index contributed by atoms with van der Waals surface area (Å²) in [6, 6.07) is 0. The minimum Gasteiger partial charge on any atom is -0.342 e. The van der Waals surface area contributed by atoms with Gasteiger partial charge in [-0.25, -0.2) is 9.78 Å². The lowest BCUT2D eigenvalue weighted by Gasteiger charge is -2.08. The van der Waals surface area contributed by atoms with Crippen molar-refractivity contribution in [2.24, 2.45) is 5.92 Å². The standard InChI is InChI=1S/C22H26N4O/c1-4-5-21-23-18-9-13(2)8-15(11-19(18)24-21)10-16-12-20-17(7-6-14(16)3)25-22(27)26-20/h7-9,11-13H,4-6,10H2,1-3H3,(H,23,24)(H2,25,26,27). The number of allylic oxidation sites excluding steroid dienone is 4. The second-order valence-corrected chi connectivity index (χ2v) is 7.59. The molecule has 0 radical (unpaired) electrons. The Morgan fingerprint density at radius 3 is 2.74 bits per heavy atom. The van der Waals surface area contributed by atoms with Crippen molar-refractivity contribution in [2.45, 2.75) is 46.5 Å². The third kappa shape index (κ3) is 3.68. The summed E-state index contributed by atoms with van der Waals surface area (Å²) in [6.45, 7) is 6.54. The number of aromatic nitrogens is 4. The SMILES string of the molecule is CCCc1nc2c([nH]1)=CC(CC1=C(C)CC=c3[nH]c(=O)[nH]c3=C1)=CC(C)C=2. The van der Waals surface area contributed by atoms with Crippen molar-refractivity contribution in [3.05, 3.63) is 60.5 Å². The fourth-order valence-electron chi connectivity index (χ4n) is 3.81. The van der Waals surface area contributed by atoms with E-state index < -0.39 is 0 Å². The van der Waals surface area contributed by atoms with E-state index in [1.54, 1.807) is 0 Å². The van der Waals surface area contributed by atoms with E-state index in [0.29, 0.717) is 5.92 Å². The molecule has 2 aromatic heterocycles. The fourth-order valence-corrected chi connectivity index (χ4v) is 3.81. The largest absolute Gasteiger partial charge is 0.342 e. The average Bonchev–Trinajstić information content (AvgIpc) is 3.06. The third-order valence-corrected chi connectivity index (χ3v) is 5.18. The van der Waals surface area contributed by atoms with E-state index in [1.165, 1.54) is 16.7 Å². The van der Waals surface area contributed by atoms with E-state index in [2.05, 4.69) is 66.1 Å². The molecule has 0 fully saturated rings. The molecule has 2 aliphatic carbocycles. The van der Waals surface area contributed by atoms with Crippen LogP contribution in [0.1, 0.15) is 45.9 Å². The van der Waals surface area contributed by atoms with Gasteiger partial charge < -0.3 is 15.0 Å². The maximum absolute atomic E-state index is 11.6. The number of aryl methyl sites for hydroxylation is 1. The maximum atomic E-state index is 11.6. The van der Waals surface area contributed by atoms with E-state index >= 15 is 0 Å². The van der Waals surface area contributed by atoms with Gasteiger partial charge in [0.2, 0.25) is 0 Å². The van der Waals surface area contributed by atoms with Gasteiger partial charge in [0.05, 0.1) is 21.4 Å². The summed E-state index contributed by atoms with van der Waals surface area (Å²) in [4.78, 5) is 25.6. The van der Waals surface area contributed by atoms with Gasteiger partial charge in [-0.05, 0) is 61.5 Å². The van der Waals surface area contributed by atoms with Gasteiger partial charge in [-0.15, -0.1) is 0 Å². The monoisotopic (exact) mass is 362 g/mol. The van der Waals surface area contributed by atoms with Crippen molar-refractivity contribution < 1.29 is 0 Å². The van der Waals surface area contributed by atoms with E-state index in [4.69, 9.17) is 4.98 Å². The predicted molar refractivity (Wildman–Crippen MR) is 110 cm³/mol. The number of rotatable bonds is 4. The second kappa shape index (κ2) is 7.06. The lowest BCUT2D eigenvalue weighted by atomic mass is 9.97. The van der Waals surface area contributed by atoms with Gasteiger partial charge in [-0.1, -0.05) is 31.6 Å². The molecule has 0 aromatic carbocycles. The topological polar surface area (TPSA) is 77.3 Å². The Balaban J connectivity index is 1.73. The number of H-pyrrole nitrogens is 3. The number of imidazole rings is 2. The number of hydrogen-bond acceptors (Lipinski definition) is 2. The summed E-state index contributed by atoms with van der Waals surface area (Å²) in [7, 11) is 0. The molecule has 1 atom stereocenters. The normalized spacial score (nSPS) is 18.8. The first-order chi connectivity index (χ1) is 13.0. The zero-order chi connectivity index (χ0) is 19.0. The fraction of sp³-hybridized carbons (Fsp3) is 0.364. The van der Waals surface area contributed by atoms with Gasteiger partial charge in [0.15, 0.2) is 0 Å². The van der Waals surface area contributed by atoms with E-state index in [9.17, 15) is 4.79 Å². The van der Waals surface area contributed by atoms with Crippen molar-refractivity contribution in [2.75, 3.05) is 0 Å². The van der Waals surface area contributed by atoms with Crippen LogP contribution in [0.2, 0.25) is 0 Å². The molecular formula is C22H26N4O. The molecule has 27 heavy (non-hydrogen) atoms. The Bertz CT molecular complexity index is 1230. The minimum atomic E-state index is -0.152. The Labute approximate surface area is 157 Å². The molecule has 0 amide bonds. The molecule has 140 valence electrons. The molecule has 5 nitrogen and oxygen atoms in total. The van der Waals surface area contributed by atoms with Gasteiger partial charge in [0.25, 0.3) is 0 Å². The number of hydrogen-bond donors (Lipinski definition) is 3. The van der Waals surface area contributed by atoms with Crippen molar-refractivity contribution >= 4 is 24.3 Å². The first-order valence-corrected chi connectivity index (χ1v) is 9.70. The number of aromatic amines is 3. The number of fused-ring (bicyclic) bond motifs is 2. The van der Waals surface area contributed by atoms with Crippen molar-refractivity contribution in [1.29, 1.82) is 0 Å². The van der Waals surface area contributed by atoms with Gasteiger partial charge in [0.1, 0.15) is 5.82 Å². The third-order valence-electron chi connectivity index (χ3n) is 5.18. The Kier molecular flexibility index (Phi) is 4.60. The van der Waals surface area contributed by atoms with Crippen LogP contribution in [0.25, 0.3) is 24.3 Å². The predicted octanol–water partition coefficient (Wildman–Crippen LogP) is 0.887. The lowest BCUT2D eigenvalue weighted by molar-refractivity contribution is 0.851. The highest BCUT2D eigenvalue weighted by atomic mass is 16.1. The van der Waals surface area contributed by atoms with Crippen LogP contribution in [0.5, 0.6) is 0 Å². The molecule has 2 aliphatic rings. The van der Waals surface area contributed by atoms with Crippen LogP contribution in [-0.2, 0) is 6.42 Å². The summed E-state index contributed by atoms with van der Waals surface area (Å²) in [5.41, 5.74) is 3.70. The van der Waals surface area contributed by atoms with Crippen LogP contribution in [0.3, 0.4) is 0 Å². The first kappa shape index (κ1) is 17.6. The molecule has 5 heteroatoms. The van der Waals surface area contributed by atoms with Crippen molar-refractivity contribution in [3.63, 3.8) is 0 Å². The zero-order valence-electron chi connectivity index (χ0n) is 16.1. The van der Waals surface area contributed by atoms with Crippen molar-refractivity contribution in [1.82, 2.24) is 19.9 Å². The van der Waals surface area contributed by atoms with E-state index in [-0.39, 0.29) is 5.69 Å². The highest BCUT2D eigenvalue weighted by Gasteiger charge is 2.10. The zero-order valence-corrected chi connectivity index (χ0v) is 16.1. The van der Waals surface area contributed by atoms with Gasteiger partial charge in [-0.2, -0.15) is 0 Å². The Hall–Kier alpha value is -2.82. The van der Waals surface area contributed by atoms with Crippen molar-refractivity contribution in [3.8, 4) is 0 Å². The molecule has 3 N–H and O–H groups in total. The van der Waals surface area contributed by atoms with Crippen LogP contribution in [-0.4, -0.2) is 19.9 Å². The molecule has 0 aliphatic heterocycles. The smallest absolute Gasteiger partial charge is 0.323 e. The minimum absolute atomic E-state index is 0.152. The Morgan fingerprint density at radius 2 is 1.93 bits per heavy atom. The summed E-state index contributed by atoms with van der Waals surface area (Å²) in [5.74, 6) is 1.39. The molecule has 0 saturated heterocycles. The number of nitrogens with one attached hydrogen (secondary N) is 3. The molecule has 1 unspecified atom stereocenters. The van der Waals surface area contributed by atoms with Crippen LogP contribution < -0.4 is 27.1 Å². The van der Waals surface area contributed by atoms with Gasteiger partial charge in [0, 0.05) is 6.42 Å². The van der Waals surface area contributed by atoms with Crippen LogP contribution in [0, 0.1) is 5.92 Å². The first-order valence-electron chi connectivity index (χ1n) is 9.70. The highest BCUT2D eigenvalue weighted by Crippen LogP contribution is 2.22. The molecule has 0 bridgehead atoms. The summed E-state index contributed by atoms with van der Waals surface area (Å²) in [5, 5.41) is 3.91. The van der Waals surface area contributed by atoms with Gasteiger partial charge in [-0.3, -0.25) is 0 Å². The molecule has 4 rings (SSSR count). The molecule has 0 saturated carbocycles. The highest BCUT2D eigenvalue weighted by molar-refractivity contribution is 5.59. The van der Waals surface area contributed by atoms with Gasteiger partial charge >= 0.3 is 5.69 Å². The summed E-state index contributed by atoms with van der Waals surface area (Å²) in [6.07, 6.45) is 14.7. The second-order valence-electron chi connectivity index (χ2n) is 7.59. The van der Waals surface area contributed by atoms with E-state index in [0.717, 1.165) is 52.9 Å². The number of nitrogens with zero attached hydrogens (tertiary/aromatic N) is 1. The maximum Gasteiger partial charge on any atom is 0.323 e. The van der Waals surface area contributed by atoms with E-state index in [1.807, 2.05) is 0 Å². The molecule has 0 spiro atoms. The van der Waals surface area contributed by atoms with Crippen LogP contribution in [0.4, 0.5) is 0 Å². The average molecular weight is 362 g/mol.